The van der Waals surface area contributed by atoms with Crippen molar-refractivity contribution in [2.24, 2.45) is 0 Å². The Morgan fingerprint density at radius 2 is 2.05 bits per heavy atom. The van der Waals surface area contributed by atoms with Crippen LogP contribution in [0.4, 0.5) is 0 Å². The van der Waals surface area contributed by atoms with Crippen LogP contribution >= 0.6 is 0 Å². The molecule has 0 amide bonds. The minimum Gasteiger partial charge on any atom is -0.375 e. The maximum absolute atomic E-state index is 13.1. The number of fused-ring (bicyclic) bond motifs is 1. The highest BCUT2D eigenvalue weighted by Gasteiger charge is 2.35. The van der Waals surface area contributed by atoms with Gasteiger partial charge in [-0.25, -0.2) is 8.42 Å². The van der Waals surface area contributed by atoms with E-state index in [0.717, 1.165) is 11.1 Å². The van der Waals surface area contributed by atoms with E-state index in [9.17, 15) is 8.42 Å². The summed E-state index contributed by atoms with van der Waals surface area (Å²) in [6.07, 6.45) is 1.59. The lowest BCUT2D eigenvalue weighted by Gasteiger charge is -2.35. The first-order valence-corrected chi connectivity index (χ1v) is 8.83. The van der Waals surface area contributed by atoms with Crippen molar-refractivity contribution < 1.29 is 13.2 Å². The van der Waals surface area contributed by atoms with Crippen molar-refractivity contribution in [3.63, 3.8) is 0 Å². The zero-order valence-electron chi connectivity index (χ0n) is 13.0. The molecule has 1 aliphatic heterocycles. The molecule has 2 aromatic rings. The highest BCUT2D eigenvalue weighted by molar-refractivity contribution is 7.89. The van der Waals surface area contributed by atoms with Gasteiger partial charge in [-0.1, -0.05) is 6.07 Å². The minimum absolute atomic E-state index is 0.0965. The molecule has 1 aliphatic rings. The Balaban J connectivity index is 2.15. The largest absolute Gasteiger partial charge is 0.375 e. The van der Waals surface area contributed by atoms with Gasteiger partial charge in [0.25, 0.3) is 0 Å². The van der Waals surface area contributed by atoms with Crippen LogP contribution in [0.1, 0.15) is 19.4 Å². The molecule has 6 heteroatoms. The first-order chi connectivity index (χ1) is 10.4. The molecule has 118 valence electrons. The van der Waals surface area contributed by atoms with Crippen molar-refractivity contribution in [2.75, 3.05) is 13.2 Å². The lowest BCUT2D eigenvalue weighted by molar-refractivity contribution is -0.0170. The quantitative estimate of drug-likeness (QED) is 0.852. The van der Waals surface area contributed by atoms with E-state index in [0.29, 0.717) is 23.4 Å². The van der Waals surface area contributed by atoms with Gasteiger partial charge < -0.3 is 4.74 Å². The van der Waals surface area contributed by atoms with Crippen molar-refractivity contribution in [1.82, 2.24) is 9.29 Å². The molecule has 1 aromatic heterocycles. The average molecular weight is 320 g/mol. The van der Waals surface area contributed by atoms with Crippen LogP contribution in [0.15, 0.2) is 35.4 Å². The van der Waals surface area contributed by atoms with Crippen LogP contribution in [0.2, 0.25) is 0 Å². The standard InChI is InChI=1S/C16H20N2O3S/c1-11-6-7-15(14-5-4-8-17-16(11)14)22(19,20)18-9-13(3)21-10-12(18)2/h4-8,12-13H,9-10H2,1-3H3/t12-,13-/m1/s1. The Kier molecular flexibility index (Phi) is 3.92. The topological polar surface area (TPSA) is 59.5 Å². The van der Waals surface area contributed by atoms with Crippen molar-refractivity contribution in [3.8, 4) is 0 Å². The third-order valence-corrected chi connectivity index (χ3v) is 6.11. The molecule has 5 nitrogen and oxygen atoms in total. The SMILES string of the molecule is Cc1ccc(S(=O)(=O)N2C[C@@H](C)OC[C@H]2C)c2cccnc12. The molecular formula is C16H20N2O3S. The van der Waals surface area contributed by atoms with Crippen molar-refractivity contribution in [1.29, 1.82) is 0 Å². The van der Waals surface area contributed by atoms with Gasteiger partial charge in [-0.05, 0) is 44.5 Å². The Bertz CT molecular complexity index is 804. The summed E-state index contributed by atoms with van der Waals surface area (Å²) in [4.78, 5) is 4.65. The number of pyridine rings is 1. The second-order valence-corrected chi connectivity index (χ2v) is 7.71. The second-order valence-electron chi connectivity index (χ2n) is 5.85. The lowest BCUT2D eigenvalue weighted by atomic mass is 10.1. The molecule has 0 bridgehead atoms. The minimum atomic E-state index is -3.57. The number of morpholine rings is 1. The molecule has 2 heterocycles. The van der Waals surface area contributed by atoms with Crippen molar-refractivity contribution in [3.05, 3.63) is 36.0 Å². The predicted octanol–water partition coefficient (Wildman–Crippen LogP) is 2.34. The summed E-state index contributed by atoms with van der Waals surface area (Å²) in [7, 11) is -3.57. The van der Waals surface area contributed by atoms with Crippen LogP contribution in [-0.4, -0.2) is 43.0 Å². The number of sulfonamides is 1. The summed E-state index contributed by atoms with van der Waals surface area (Å²) in [5, 5.41) is 0.675. The van der Waals surface area contributed by atoms with E-state index in [-0.39, 0.29) is 12.1 Å². The maximum Gasteiger partial charge on any atom is 0.244 e. The van der Waals surface area contributed by atoms with Crippen LogP contribution in [-0.2, 0) is 14.8 Å². The van der Waals surface area contributed by atoms with E-state index >= 15 is 0 Å². The van der Waals surface area contributed by atoms with Gasteiger partial charge in [-0.15, -0.1) is 0 Å². The van der Waals surface area contributed by atoms with Gasteiger partial charge in [-0.2, -0.15) is 4.31 Å². The van der Waals surface area contributed by atoms with Gasteiger partial charge >= 0.3 is 0 Å². The Labute approximate surface area is 131 Å². The van der Waals surface area contributed by atoms with Crippen LogP contribution < -0.4 is 0 Å². The molecule has 1 fully saturated rings. The Morgan fingerprint density at radius 3 is 2.82 bits per heavy atom. The molecule has 3 rings (SSSR count). The van der Waals surface area contributed by atoms with E-state index < -0.39 is 10.0 Å². The average Bonchev–Trinajstić information content (AvgIpc) is 2.50. The van der Waals surface area contributed by atoms with Gasteiger partial charge in [0.05, 0.1) is 23.1 Å². The highest BCUT2D eigenvalue weighted by Crippen LogP contribution is 2.29. The zero-order valence-corrected chi connectivity index (χ0v) is 13.8. The van der Waals surface area contributed by atoms with Crippen LogP contribution in [0.3, 0.4) is 0 Å². The zero-order chi connectivity index (χ0) is 15.9. The number of benzene rings is 1. The number of nitrogens with zero attached hydrogens (tertiary/aromatic N) is 2. The van der Waals surface area contributed by atoms with Gasteiger partial charge in [-0.3, -0.25) is 4.98 Å². The molecule has 2 atom stereocenters. The van der Waals surface area contributed by atoms with Gasteiger partial charge in [0.1, 0.15) is 0 Å². The first kappa shape index (κ1) is 15.4. The fraction of sp³-hybridized carbons (Fsp3) is 0.438. The second kappa shape index (κ2) is 5.61. The first-order valence-electron chi connectivity index (χ1n) is 7.39. The fourth-order valence-corrected chi connectivity index (χ4v) is 4.72. The van der Waals surface area contributed by atoms with Gasteiger partial charge in [0, 0.05) is 24.2 Å². The Hall–Kier alpha value is -1.50. The van der Waals surface area contributed by atoms with Crippen LogP contribution in [0.5, 0.6) is 0 Å². The maximum atomic E-state index is 13.1. The summed E-state index contributed by atoms with van der Waals surface area (Å²) < 4.78 is 33.3. The molecule has 22 heavy (non-hydrogen) atoms. The summed E-state index contributed by atoms with van der Waals surface area (Å²) in [6.45, 7) is 6.49. The molecule has 1 saturated heterocycles. The van der Waals surface area contributed by atoms with E-state index in [4.69, 9.17) is 4.74 Å². The van der Waals surface area contributed by atoms with Crippen molar-refractivity contribution >= 4 is 20.9 Å². The number of rotatable bonds is 2. The smallest absolute Gasteiger partial charge is 0.244 e. The molecule has 0 unspecified atom stereocenters. The number of hydrogen-bond acceptors (Lipinski definition) is 4. The summed E-state index contributed by atoms with van der Waals surface area (Å²) in [5.74, 6) is 0. The lowest BCUT2D eigenvalue weighted by Crippen LogP contribution is -2.50. The number of ether oxygens (including phenoxy) is 1. The van der Waals surface area contributed by atoms with Gasteiger partial charge in [0.15, 0.2) is 0 Å². The molecule has 0 N–H and O–H groups in total. The number of aryl methyl sites for hydroxylation is 1. The van der Waals surface area contributed by atoms with Crippen LogP contribution in [0, 0.1) is 6.92 Å². The third kappa shape index (κ3) is 2.51. The molecular weight excluding hydrogens is 300 g/mol. The monoisotopic (exact) mass is 320 g/mol. The predicted molar refractivity (Wildman–Crippen MR) is 85.2 cm³/mol. The summed E-state index contributed by atoms with van der Waals surface area (Å²) >= 11 is 0. The summed E-state index contributed by atoms with van der Waals surface area (Å²) in [6, 6.07) is 6.91. The molecule has 0 saturated carbocycles. The molecule has 0 spiro atoms. The highest BCUT2D eigenvalue weighted by atomic mass is 32.2. The van der Waals surface area contributed by atoms with E-state index in [2.05, 4.69) is 4.98 Å². The Morgan fingerprint density at radius 1 is 1.27 bits per heavy atom. The van der Waals surface area contributed by atoms with Gasteiger partial charge in [0.2, 0.25) is 10.0 Å². The molecule has 1 aromatic carbocycles. The fourth-order valence-electron chi connectivity index (χ4n) is 2.85. The number of aromatic nitrogens is 1. The van der Waals surface area contributed by atoms with E-state index in [1.807, 2.05) is 32.9 Å². The van der Waals surface area contributed by atoms with E-state index in [1.54, 1.807) is 18.3 Å². The van der Waals surface area contributed by atoms with Crippen LogP contribution in [0.25, 0.3) is 10.9 Å². The third-order valence-electron chi connectivity index (χ3n) is 4.07. The molecule has 0 radical (unpaired) electrons. The normalized spacial score (nSPS) is 23.8. The summed E-state index contributed by atoms with van der Waals surface area (Å²) in [5.41, 5.74) is 1.70. The number of hydrogen-bond donors (Lipinski definition) is 0. The molecule has 0 aliphatic carbocycles. The van der Waals surface area contributed by atoms with Crippen molar-refractivity contribution in [2.45, 2.75) is 37.8 Å². The van der Waals surface area contributed by atoms with E-state index in [1.165, 1.54) is 4.31 Å².